The van der Waals surface area contributed by atoms with Gasteiger partial charge in [0.25, 0.3) is 0 Å². The molecular weight excluding hydrogens is 386 g/mol. The molecule has 8 heteroatoms. The molecule has 1 aromatic carbocycles. The molecule has 4 rings (SSSR count). The molecule has 8 nitrogen and oxygen atoms in total. The van der Waals surface area contributed by atoms with Gasteiger partial charge >= 0.3 is 0 Å². The number of amides is 2. The Morgan fingerprint density at radius 2 is 2.07 bits per heavy atom. The highest BCUT2D eigenvalue weighted by atomic mass is 16.7. The van der Waals surface area contributed by atoms with Gasteiger partial charge in [-0.3, -0.25) is 14.6 Å². The van der Waals surface area contributed by atoms with E-state index in [1.54, 1.807) is 29.3 Å². The van der Waals surface area contributed by atoms with Crippen molar-refractivity contribution in [2.45, 2.75) is 25.5 Å². The molecule has 0 saturated carbocycles. The molecule has 3 heterocycles. The predicted octanol–water partition coefficient (Wildman–Crippen LogP) is 1.63. The van der Waals surface area contributed by atoms with E-state index in [0.29, 0.717) is 38.2 Å². The fourth-order valence-electron chi connectivity index (χ4n) is 3.69. The van der Waals surface area contributed by atoms with E-state index < -0.39 is 0 Å². The van der Waals surface area contributed by atoms with Crippen LogP contribution in [0.15, 0.2) is 42.7 Å². The highest BCUT2D eigenvalue weighted by molar-refractivity contribution is 5.85. The number of aromatic nitrogens is 1. The molecule has 1 aromatic heterocycles. The van der Waals surface area contributed by atoms with Gasteiger partial charge in [-0.1, -0.05) is 12.1 Å². The van der Waals surface area contributed by atoms with Crippen LogP contribution < -0.4 is 9.47 Å². The van der Waals surface area contributed by atoms with E-state index in [9.17, 15) is 9.59 Å². The molecule has 2 aromatic rings. The molecule has 30 heavy (non-hydrogen) atoms. The Morgan fingerprint density at radius 3 is 2.87 bits per heavy atom. The third-order valence-corrected chi connectivity index (χ3v) is 5.37. The molecule has 0 aliphatic carbocycles. The van der Waals surface area contributed by atoms with Crippen LogP contribution in [0.2, 0.25) is 0 Å². The van der Waals surface area contributed by atoms with Crippen LogP contribution in [0.3, 0.4) is 0 Å². The van der Waals surface area contributed by atoms with Gasteiger partial charge in [0.2, 0.25) is 18.6 Å². The molecule has 0 spiro atoms. The van der Waals surface area contributed by atoms with E-state index in [0.717, 1.165) is 16.9 Å². The number of hydrogen-bond acceptors (Lipinski definition) is 6. The minimum atomic E-state index is -0.234. The zero-order valence-electron chi connectivity index (χ0n) is 17.0. The first-order chi connectivity index (χ1) is 14.6. The molecular formula is C22H25N3O5. The van der Waals surface area contributed by atoms with E-state index in [1.807, 2.05) is 30.3 Å². The van der Waals surface area contributed by atoms with Crippen molar-refractivity contribution in [3.05, 3.63) is 53.9 Å². The topological polar surface area (TPSA) is 81.2 Å². The summed E-state index contributed by atoms with van der Waals surface area (Å²) >= 11 is 0. The maximum atomic E-state index is 12.9. The van der Waals surface area contributed by atoms with E-state index in [1.165, 1.54) is 0 Å². The average molecular weight is 411 g/mol. The highest BCUT2D eigenvalue weighted by Gasteiger charge is 2.30. The maximum Gasteiger partial charge on any atom is 0.242 e. The van der Waals surface area contributed by atoms with Crippen molar-refractivity contribution in [1.29, 1.82) is 0 Å². The quantitative estimate of drug-likeness (QED) is 0.719. The number of fused-ring (bicyclic) bond motifs is 1. The van der Waals surface area contributed by atoms with Gasteiger partial charge in [-0.25, -0.2) is 0 Å². The van der Waals surface area contributed by atoms with E-state index in [4.69, 9.17) is 14.2 Å². The minimum Gasteiger partial charge on any atom is -0.454 e. The number of nitrogens with zero attached hydrogens (tertiary/aromatic N) is 3. The lowest BCUT2D eigenvalue weighted by Crippen LogP contribution is -2.39. The predicted molar refractivity (Wildman–Crippen MR) is 108 cm³/mol. The molecule has 0 bridgehead atoms. The molecule has 1 unspecified atom stereocenters. The van der Waals surface area contributed by atoms with Crippen LogP contribution in [0, 0.1) is 0 Å². The first-order valence-electron chi connectivity index (χ1n) is 9.98. The van der Waals surface area contributed by atoms with E-state index in [2.05, 4.69) is 4.98 Å². The van der Waals surface area contributed by atoms with Crippen molar-refractivity contribution in [3.8, 4) is 11.5 Å². The van der Waals surface area contributed by atoms with Crippen molar-refractivity contribution < 1.29 is 23.8 Å². The fourth-order valence-corrected chi connectivity index (χ4v) is 3.69. The highest BCUT2D eigenvalue weighted by Crippen LogP contribution is 2.32. The first kappa shape index (κ1) is 20.2. The number of hydrogen-bond donors (Lipinski definition) is 0. The van der Waals surface area contributed by atoms with Gasteiger partial charge in [-0.05, 0) is 35.7 Å². The molecule has 1 atom stereocenters. The molecule has 1 saturated heterocycles. The molecule has 158 valence electrons. The zero-order valence-corrected chi connectivity index (χ0v) is 17.0. The largest absolute Gasteiger partial charge is 0.454 e. The van der Waals surface area contributed by atoms with Gasteiger partial charge in [-0.2, -0.15) is 0 Å². The third kappa shape index (κ3) is 4.71. The van der Waals surface area contributed by atoms with Crippen molar-refractivity contribution in [2.24, 2.45) is 0 Å². The molecule has 2 amide bonds. The number of carbonyl (C=O) groups excluding carboxylic acids is 2. The second kappa shape index (κ2) is 9.13. The number of benzene rings is 1. The van der Waals surface area contributed by atoms with E-state index >= 15 is 0 Å². The van der Waals surface area contributed by atoms with Crippen molar-refractivity contribution >= 4 is 11.8 Å². The van der Waals surface area contributed by atoms with Crippen molar-refractivity contribution in [3.63, 3.8) is 0 Å². The third-order valence-electron chi connectivity index (χ3n) is 5.37. The maximum absolute atomic E-state index is 12.9. The molecule has 1 fully saturated rings. The second-order valence-corrected chi connectivity index (χ2v) is 7.46. The number of carbonyl (C=O) groups is 2. The lowest BCUT2D eigenvalue weighted by Gasteiger charge is -2.23. The number of rotatable bonds is 6. The number of methoxy groups -OCH3 is 1. The lowest BCUT2D eigenvalue weighted by atomic mass is 10.1. The summed E-state index contributed by atoms with van der Waals surface area (Å²) in [5.74, 6) is 1.27. The standard InChI is InChI=1S/C22H25N3O5/c1-28-18-12-24(11-17-3-2-8-23-10-17)22(27)14-25(13-18)21(26)7-5-16-4-6-19-20(9-16)30-15-29-19/h2-4,6,8-10,18H,5,7,11-15H2,1H3. The van der Waals surface area contributed by atoms with Crippen molar-refractivity contribution in [1.82, 2.24) is 14.8 Å². The Bertz CT molecular complexity index is 905. The summed E-state index contributed by atoms with van der Waals surface area (Å²) in [6.07, 6.45) is 4.09. The summed E-state index contributed by atoms with van der Waals surface area (Å²) in [5, 5.41) is 0. The molecule has 2 aliphatic heterocycles. The van der Waals surface area contributed by atoms with Gasteiger partial charge in [0.15, 0.2) is 11.5 Å². The van der Waals surface area contributed by atoms with Gasteiger partial charge in [-0.15, -0.1) is 0 Å². The summed E-state index contributed by atoms with van der Waals surface area (Å²) in [6.45, 7) is 1.56. The van der Waals surface area contributed by atoms with Crippen LogP contribution in [0.25, 0.3) is 0 Å². The smallest absolute Gasteiger partial charge is 0.242 e. The summed E-state index contributed by atoms with van der Waals surface area (Å²) in [6, 6.07) is 9.46. The summed E-state index contributed by atoms with van der Waals surface area (Å²) in [7, 11) is 1.61. The molecule has 2 aliphatic rings. The van der Waals surface area contributed by atoms with Crippen LogP contribution >= 0.6 is 0 Å². The Morgan fingerprint density at radius 1 is 1.20 bits per heavy atom. The average Bonchev–Trinajstić information content (AvgIpc) is 3.17. The van der Waals surface area contributed by atoms with Gasteiger partial charge in [0.05, 0.1) is 12.6 Å². The SMILES string of the molecule is COC1CN(C(=O)CCc2ccc3c(c2)OCO3)CC(=O)N(Cc2cccnc2)C1. The van der Waals surface area contributed by atoms with Crippen LogP contribution in [-0.4, -0.2) is 66.2 Å². The Hall–Kier alpha value is -3.13. The second-order valence-electron chi connectivity index (χ2n) is 7.46. The van der Waals surface area contributed by atoms with Gasteiger partial charge in [0.1, 0.15) is 0 Å². The Kier molecular flexibility index (Phi) is 6.13. The Labute approximate surface area is 175 Å². The molecule has 0 N–H and O–H groups in total. The lowest BCUT2D eigenvalue weighted by molar-refractivity contribution is -0.139. The summed E-state index contributed by atoms with van der Waals surface area (Å²) in [4.78, 5) is 33.1. The zero-order chi connectivity index (χ0) is 20.9. The van der Waals surface area contributed by atoms with Crippen LogP contribution in [-0.2, 0) is 27.3 Å². The van der Waals surface area contributed by atoms with Gasteiger partial charge in [0, 0.05) is 45.6 Å². The fraction of sp³-hybridized carbons (Fsp3) is 0.409. The van der Waals surface area contributed by atoms with Crippen LogP contribution in [0.4, 0.5) is 0 Å². The normalized spacial score (nSPS) is 18.4. The van der Waals surface area contributed by atoms with Crippen LogP contribution in [0.1, 0.15) is 17.5 Å². The minimum absolute atomic E-state index is 0.0556. The number of ether oxygens (including phenoxy) is 3. The summed E-state index contributed by atoms with van der Waals surface area (Å²) < 4.78 is 16.3. The Balaban J connectivity index is 1.38. The monoisotopic (exact) mass is 411 g/mol. The number of aryl methyl sites for hydroxylation is 1. The first-order valence-corrected chi connectivity index (χ1v) is 9.98. The van der Waals surface area contributed by atoms with Crippen LogP contribution in [0.5, 0.6) is 11.5 Å². The number of pyridine rings is 1. The van der Waals surface area contributed by atoms with Crippen molar-refractivity contribution in [2.75, 3.05) is 33.5 Å². The van der Waals surface area contributed by atoms with E-state index in [-0.39, 0.29) is 31.3 Å². The summed E-state index contributed by atoms with van der Waals surface area (Å²) in [5.41, 5.74) is 1.94. The molecule has 0 radical (unpaired) electrons. The van der Waals surface area contributed by atoms with Gasteiger partial charge < -0.3 is 24.0 Å².